The van der Waals surface area contributed by atoms with Gasteiger partial charge in [0.1, 0.15) is 0 Å². The molecule has 4 heteroatoms. The van der Waals surface area contributed by atoms with Gasteiger partial charge in [-0.25, -0.2) is 0 Å². The van der Waals surface area contributed by atoms with Crippen molar-refractivity contribution in [2.24, 2.45) is 0 Å². The van der Waals surface area contributed by atoms with Crippen LogP contribution in [0.2, 0.25) is 0 Å². The van der Waals surface area contributed by atoms with E-state index in [1.54, 1.807) is 0 Å². The zero-order chi connectivity index (χ0) is 5.15. The van der Waals surface area contributed by atoms with E-state index in [-0.39, 0.29) is 9.45 Å². The lowest BCUT2D eigenvalue weighted by Gasteiger charge is -1.93. The largest absolute Gasteiger partial charge is 0.446 e. The Morgan fingerprint density at radius 3 is 1.83 bits per heavy atom. The SMILES string of the molecule is CS(C)=[S-](=O)I. The summed E-state index contributed by atoms with van der Waals surface area (Å²) in [5, 5.41) is 0. The predicted octanol–water partition coefficient (Wildman–Crippen LogP) is 1.09. The maximum atomic E-state index is 10.3. The molecule has 0 aliphatic heterocycles. The average molecular weight is 237 g/mol. The van der Waals surface area contributed by atoms with Crippen molar-refractivity contribution < 1.29 is 4.21 Å². The van der Waals surface area contributed by atoms with Crippen LogP contribution in [0.5, 0.6) is 0 Å². The van der Waals surface area contributed by atoms with Crippen molar-refractivity contribution in [1.29, 1.82) is 0 Å². The van der Waals surface area contributed by atoms with E-state index in [0.29, 0.717) is 0 Å². The highest BCUT2D eigenvalue weighted by molar-refractivity contribution is 14.2. The standard InChI is InChI=1S/C2H6IOS2/c1-5(2)6(3)4/h1-2H3/q-1. The van der Waals surface area contributed by atoms with Crippen LogP contribution in [-0.2, 0) is 20.2 Å². The Kier molecular flexibility index (Phi) is 3.93. The van der Waals surface area contributed by atoms with Gasteiger partial charge in [0, 0.05) is 0 Å². The number of rotatable bonds is 0. The van der Waals surface area contributed by atoms with Gasteiger partial charge in [0.2, 0.25) is 0 Å². The molecule has 0 aromatic carbocycles. The summed E-state index contributed by atoms with van der Waals surface area (Å²) in [6.45, 7) is -0.620. The molecule has 0 aromatic rings. The maximum Gasteiger partial charge on any atom is -0.0440 e. The normalized spacial score (nSPS) is 10.8. The number of halogens is 1. The molecule has 0 aliphatic carbocycles. The quantitative estimate of drug-likeness (QED) is 0.350. The van der Waals surface area contributed by atoms with Gasteiger partial charge >= 0.3 is 0 Å². The first-order chi connectivity index (χ1) is 2.64. The molecule has 0 saturated heterocycles. The van der Waals surface area contributed by atoms with Crippen LogP contribution in [-0.4, -0.2) is 12.5 Å². The molecule has 0 unspecified atom stereocenters. The summed E-state index contributed by atoms with van der Waals surface area (Å²) in [6.07, 6.45) is 3.92. The average Bonchev–Trinajstić information content (AvgIpc) is 1.36. The van der Waals surface area contributed by atoms with Gasteiger partial charge in [-0.05, 0) is 12.5 Å². The first kappa shape index (κ1) is 7.23. The van der Waals surface area contributed by atoms with Gasteiger partial charge in [0.15, 0.2) is 0 Å². The third kappa shape index (κ3) is 3.42. The Bertz CT molecular complexity index is 109. The summed E-state index contributed by atoms with van der Waals surface area (Å²) in [7, 11) is 0.0916. The summed E-state index contributed by atoms with van der Waals surface area (Å²) in [5.74, 6) is 0. The minimum absolute atomic E-state index is 0.0916. The lowest BCUT2D eigenvalue weighted by molar-refractivity contribution is 0.611. The van der Waals surface area contributed by atoms with E-state index in [9.17, 15) is 4.21 Å². The minimum atomic E-state index is -0.620. The molecule has 6 heavy (non-hydrogen) atoms. The van der Waals surface area contributed by atoms with Crippen molar-refractivity contribution in [1.82, 2.24) is 0 Å². The van der Waals surface area contributed by atoms with E-state index < -0.39 is 6.53 Å². The summed E-state index contributed by atoms with van der Waals surface area (Å²) in [4.78, 5) is 0. The first-order valence-electron chi connectivity index (χ1n) is 1.30. The fraction of sp³-hybridized carbons (Fsp3) is 1.00. The first-order valence-corrected chi connectivity index (χ1v) is 7.55. The molecule has 0 N–H and O–H groups in total. The molecular formula is C2H6IOS2-. The van der Waals surface area contributed by atoms with Gasteiger partial charge in [-0.2, -0.15) is 27.7 Å². The number of hydrogen-bond donors (Lipinski definition) is 0. The zero-order valence-corrected chi connectivity index (χ0v) is 7.39. The molecule has 0 atom stereocenters. The highest BCUT2D eigenvalue weighted by Gasteiger charge is 1.54. The third-order valence-electron chi connectivity index (χ3n) is 0.262. The van der Waals surface area contributed by atoms with Gasteiger partial charge in [0.05, 0.1) is 0 Å². The summed E-state index contributed by atoms with van der Waals surface area (Å²) >= 11 is 1.92. The Morgan fingerprint density at radius 2 is 1.83 bits per heavy atom. The summed E-state index contributed by atoms with van der Waals surface area (Å²) < 4.78 is 10.3. The zero-order valence-electron chi connectivity index (χ0n) is 3.60. The highest BCUT2D eigenvalue weighted by Crippen LogP contribution is 1.85. The molecule has 0 spiro atoms. The van der Waals surface area contributed by atoms with Crippen LogP contribution in [0.1, 0.15) is 0 Å². The third-order valence-corrected chi connectivity index (χ3v) is 8.83. The molecule has 0 fully saturated rings. The molecular weight excluding hydrogens is 231 g/mol. The summed E-state index contributed by atoms with van der Waals surface area (Å²) in [5.41, 5.74) is 0. The fourth-order valence-corrected chi connectivity index (χ4v) is 0. The molecule has 0 rings (SSSR count). The van der Waals surface area contributed by atoms with Crippen molar-refractivity contribution in [3.8, 4) is 0 Å². The molecule has 40 valence electrons. The minimum Gasteiger partial charge on any atom is -0.446 e. The number of hydrogen-bond acceptors (Lipinski definition) is 2. The molecule has 1 nitrogen and oxygen atoms in total. The topological polar surface area (TPSA) is 17.1 Å². The smallest absolute Gasteiger partial charge is 0.0440 e. The Hall–Kier alpha value is 1.23. The second kappa shape index (κ2) is 3.26. The van der Waals surface area contributed by atoms with E-state index in [1.165, 1.54) is 0 Å². The van der Waals surface area contributed by atoms with Gasteiger partial charge < -0.3 is 4.21 Å². The molecule has 0 amide bonds. The Morgan fingerprint density at radius 1 is 1.67 bits per heavy atom. The van der Waals surface area contributed by atoms with Crippen LogP contribution >= 0.6 is 21.2 Å². The Balaban J connectivity index is 4.08. The van der Waals surface area contributed by atoms with Crippen molar-refractivity contribution in [2.75, 3.05) is 12.5 Å². The molecule has 0 bridgehead atoms. The van der Waals surface area contributed by atoms with Crippen LogP contribution in [0.25, 0.3) is 0 Å². The van der Waals surface area contributed by atoms with E-state index in [4.69, 9.17) is 0 Å². The van der Waals surface area contributed by atoms with Crippen molar-refractivity contribution >= 4 is 37.2 Å². The lowest BCUT2D eigenvalue weighted by Crippen LogP contribution is -1.76. The second-order valence-corrected chi connectivity index (χ2v) is 9.91. The van der Waals surface area contributed by atoms with Crippen LogP contribution in [0.15, 0.2) is 0 Å². The van der Waals surface area contributed by atoms with Gasteiger partial charge in [-0.1, -0.05) is 0 Å². The van der Waals surface area contributed by atoms with E-state index in [1.807, 2.05) is 33.7 Å². The lowest BCUT2D eigenvalue weighted by atomic mass is 11.9. The summed E-state index contributed by atoms with van der Waals surface area (Å²) in [6, 6.07) is 0. The molecule has 0 saturated carbocycles. The van der Waals surface area contributed by atoms with E-state index >= 15 is 0 Å². The molecule has 0 aliphatic rings. The second-order valence-electron chi connectivity index (χ2n) is 0.936. The predicted molar refractivity (Wildman–Crippen MR) is 41.3 cm³/mol. The van der Waals surface area contributed by atoms with Gasteiger partial charge in [-0.15, -0.1) is 0 Å². The van der Waals surface area contributed by atoms with Crippen molar-refractivity contribution in [2.45, 2.75) is 0 Å². The maximum absolute atomic E-state index is 10.3. The monoisotopic (exact) mass is 237 g/mol. The van der Waals surface area contributed by atoms with Crippen molar-refractivity contribution in [3.05, 3.63) is 0 Å². The van der Waals surface area contributed by atoms with Crippen molar-refractivity contribution in [3.63, 3.8) is 0 Å². The molecule has 0 radical (unpaired) electrons. The van der Waals surface area contributed by atoms with Crippen LogP contribution in [0, 0.1) is 0 Å². The highest BCUT2D eigenvalue weighted by atomic mass is 127. The van der Waals surface area contributed by atoms with Crippen LogP contribution in [0.4, 0.5) is 0 Å². The molecule has 0 heterocycles. The van der Waals surface area contributed by atoms with Gasteiger partial charge in [0.25, 0.3) is 0 Å². The Labute approximate surface area is 53.7 Å². The van der Waals surface area contributed by atoms with Gasteiger partial charge in [-0.3, -0.25) is 9.45 Å². The van der Waals surface area contributed by atoms with Crippen LogP contribution < -0.4 is 0 Å². The van der Waals surface area contributed by atoms with E-state index in [2.05, 4.69) is 0 Å². The van der Waals surface area contributed by atoms with E-state index in [0.717, 1.165) is 0 Å². The fourth-order valence-electron chi connectivity index (χ4n) is 0. The molecule has 0 aromatic heterocycles. The van der Waals surface area contributed by atoms with Crippen LogP contribution in [0.3, 0.4) is 0 Å².